The number of nitriles is 1. The van der Waals surface area contributed by atoms with Gasteiger partial charge in [-0.05, 0) is 23.8 Å². The lowest BCUT2D eigenvalue weighted by Gasteiger charge is -2.06. The second-order valence-corrected chi connectivity index (χ2v) is 3.94. The number of hydrogen-bond donors (Lipinski definition) is 0. The van der Waals surface area contributed by atoms with Gasteiger partial charge in [-0.1, -0.05) is 23.7 Å². The summed E-state index contributed by atoms with van der Waals surface area (Å²) in [7, 11) is 0. The van der Waals surface area contributed by atoms with E-state index in [2.05, 4.69) is 4.98 Å². The predicted octanol–water partition coefficient (Wildman–Crippen LogP) is 3.61. The molecule has 0 fully saturated rings. The summed E-state index contributed by atoms with van der Waals surface area (Å²) >= 11 is 5.83. The molecule has 4 heteroatoms. The molecule has 17 heavy (non-hydrogen) atoms. The molecule has 0 unspecified atom stereocenters. The minimum Gasteiger partial charge on any atom is -0.254 e. The minimum absolute atomic E-state index is 0.194. The summed E-state index contributed by atoms with van der Waals surface area (Å²) in [6.07, 6.45) is 1.68. The molecule has 2 aromatic rings. The Morgan fingerprint density at radius 2 is 2.18 bits per heavy atom. The standard InChI is InChI=1S/C13H8ClFN2/c14-11-6-10(4-5-16)13(17-8-11)9-2-1-3-12(15)7-9/h1-3,6-8H,4H2. The maximum atomic E-state index is 13.1. The van der Waals surface area contributed by atoms with Crippen molar-refractivity contribution in [2.24, 2.45) is 0 Å². The maximum absolute atomic E-state index is 13.1. The molecular formula is C13H8ClFN2. The van der Waals surface area contributed by atoms with Crippen LogP contribution in [0.5, 0.6) is 0 Å². The summed E-state index contributed by atoms with van der Waals surface area (Å²) in [4.78, 5) is 4.16. The fourth-order valence-electron chi connectivity index (χ4n) is 1.60. The van der Waals surface area contributed by atoms with Gasteiger partial charge in [0.05, 0.1) is 23.2 Å². The Morgan fingerprint density at radius 1 is 1.35 bits per heavy atom. The van der Waals surface area contributed by atoms with Crippen LogP contribution in [0, 0.1) is 17.1 Å². The Kier molecular flexibility index (Phi) is 3.36. The molecule has 0 amide bonds. The molecule has 2 rings (SSSR count). The van der Waals surface area contributed by atoms with Gasteiger partial charge in [0.2, 0.25) is 0 Å². The third kappa shape index (κ3) is 2.61. The molecule has 0 N–H and O–H groups in total. The van der Waals surface area contributed by atoms with E-state index in [1.807, 2.05) is 6.07 Å². The first-order chi connectivity index (χ1) is 8.20. The number of rotatable bonds is 2. The highest BCUT2D eigenvalue weighted by Crippen LogP contribution is 2.24. The Bertz CT molecular complexity index is 590. The average molecular weight is 247 g/mol. The van der Waals surface area contributed by atoms with E-state index < -0.39 is 0 Å². The predicted molar refractivity (Wildman–Crippen MR) is 64.0 cm³/mol. The van der Waals surface area contributed by atoms with Gasteiger partial charge < -0.3 is 0 Å². The molecule has 0 saturated heterocycles. The van der Waals surface area contributed by atoms with Crippen molar-refractivity contribution in [3.05, 3.63) is 52.9 Å². The van der Waals surface area contributed by atoms with Crippen LogP contribution in [0.1, 0.15) is 5.56 Å². The van der Waals surface area contributed by atoms with Crippen molar-refractivity contribution in [2.45, 2.75) is 6.42 Å². The number of hydrogen-bond acceptors (Lipinski definition) is 2. The van der Waals surface area contributed by atoms with Gasteiger partial charge in [0, 0.05) is 11.8 Å². The Balaban J connectivity index is 2.55. The van der Waals surface area contributed by atoms with Crippen LogP contribution in [0.15, 0.2) is 36.5 Å². The molecule has 0 aliphatic heterocycles. The monoisotopic (exact) mass is 246 g/mol. The lowest BCUT2D eigenvalue weighted by Crippen LogP contribution is -1.93. The Hall–Kier alpha value is -1.92. The molecule has 1 aromatic carbocycles. The zero-order valence-electron chi connectivity index (χ0n) is 8.82. The lowest BCUT2D eigenvalue weighted by atomic mass is 10.0. The molecule has 84 valence electrons. The quantitative estimate of drug-likeness (QED) is 0.812. The van der Waals surface area contributed by atoms with E-state index >= 15 is 0 Å². The molecule has 1 aromatic heterocycles. The van der Waals surface area contributed by atoms with E-state index in [-0.39, 0.29) is 12.2 Å². The fraction of sp³-hybridized carbons (Fsp3) is 0.0769. The Labute approximate surface area is 103 Å². The van der Waals surface area contributed by atoms with E-state index in [9.17, 15) is 4.39 Å². The summed E-state index contributed by atoms with van der Waals surface area (Å²) in [5, 5.41) is 9.21. The smallest absolute Gasteiger partial charge is 0.123 e. The summed E-state index contributed by atoms with van der Waals surface area (Å²) in [6.45, 7) is 0. The highest BCUT2D eigenvalue weighted by atomic mass is 35.5. The summed E-state index contributed by atoms with van der Waals surface area (Å²) < 4.78 is 13.1. The second-order valence-electron chi connectivity index (χ2n) is 3.51. The molecular weight excluding hydrogens is 239 g/mol. The number of halogens is 2. The molecule has 0 aliphatic carbocycles. The molecule has 0 saturated carbocycles. The van der Waals surface area contributed by atoms with Crippen LogP contribution in [-0.2, 0) is 6.42 Å². The number of nitrogens with zero attached hydrogens (tertiary/aromatic N) is 2. The van der Waals surface area contributed by atoms with Gasteiger partial charge in [-0.3, -0.25) is 4.98 Å². The third-order valence-electron chi connectivity index (χ3n) is 2.30. The molecule has 0 radical (unpaired) electrons. The van der Waals surface area contributed by atoms with Crippen molar-refractivity contribution in [3.8, 4) is 17.3 Å². The topological polar surface area (TPSA) is 36.7 Å². The van der Waals surface area contributed by atoms with Crippen molar-refractivity contribution < 1.29 is 4.39 Å². The second kappa shape index (κ2) is 4.94. The number of benzene rings is 1. The normalized spacial score (nSPS) is 9.94. The molecule has 1 heterocycles. The number of aromatic nitrogens is 1. The van der Waals surface area contributed by atoms with Crippen LogP contribution in [0.2, 0.25) is 5.02 Å². The first kappa shape index (κ1) is 11.6. The van der Waals surface area contributed by atoms with Gasteiger partial charge in [-0.25, -0.2) is 4.39 Å². The van der Waals surface area contributed by atoms with Crippen LogP contribution in [0.3, 0.4) is 0 Å². The molecule has 0 bridgehead atoms. The summed E-state index contributed by atoms with van der Waals surface area (Å²) in [5.41, 5.74) is 1.94. The Morgan fingerprint density at radius 3 is 2.88 bits per heavy atom. The molecule has 0 atom stereocenters. The molecule has 0 aliphatic rings. The van der Waals surface area contributed by atoms with Crippen molar-refractivity contribution in [2.75, 3.05) is 0 Å². The van der Waals surface area contributed by atoms with E-state index in [1.54, 1.807) is 18.2 Å². The maximum Gasteiger partial charge on any atom is 0.123 e. The summed E-state index contributed by atoms with van der Waals surface area (Å²) in [5.74, 6) is -0.331. The van der Waals surface area contributed by atoms with Crippen molar-refractivity contribution in [1.82, 2.24) is 4.98 Å². The number of pyridine rings is 1. The SMILES string of the molecule is N#CCc1cc(Cl)cnc1-c1cccc(F)c1. The highest BCUT2D eigenvalue weighted by molar-refractivity contribution is 6.30. The minimum atomic E-state index is -0.331. The van der Waals surface area contributed by atoms with Crippen LogP contribution in [-0.4, -0.2) is 4.98 Å². The van der Waals surface area contributed by atoms with Gasteiger partial charge >= 0.3 is 0 Å². The van der Waals surface area contributed by atoms with E-state index in [0.717, 1.165) is 0 Å². The third-order valence-corrected chi connectivity index (χ3v) is 2.51. The van der Waals surface area contributed by atoms with Crippen molar-refractivity contribution in [1.29, 1.82) is 5.26 Å². The van der Waals surface area contributed by atoms with Crippen molar-refractivity contribution in [3.63, 3.8) is 0 Å². The lowest BCUT2D eigenvalue weighted by molar-refractivity contribution is 0.628. The van der Waals surface area contributed by atoms with Gasteiger partial charge in [0.1, 0.15) is 5.82 Å². The van der Waals surface area contributed by atoms with Gasteiger partial charge in [-0.15, -0.1) is 0 Å². The van der Waals surface area contributed by atoms with Crippen LogP contribution in [0.25, 0.3) is 11.3 Å². The van der Waals surface area contributed by atoms with E-state index in [4.69, 9.17) is 16.9 Å². The fourth-order valence-corrected chi connectivity index (χ4v) is 1.78. The van der Waals surface area contributed by atoms with Crippen LogP contribution >= 0.6 is 11.6 Å². The zero-order chi connectivity index (χ0) is 12.3. The van der Waals surface area contributed by atoms with Crippen LogP contribution < -0.4 is 0 Å². The highest BCUT2D eigenvalue weighted by Gasteiger charge is 2.08. The average Bonchev–Trinajstić information content (AvgIpc) is 2.29. The van der Waals surface area contributed by atoms with Crippen molar-refractivity contribution >= 4 is 11.6 Å². The van der Waals surface area contributed by atoms with Gasteiger partial charge in [0.25, 0.3) is 0 Å². The largest absolute Gasteiger partial charge is 0.254 e. The molecule has 2 nitrogen and oxygen atoms in total. The zero-order valence-corrected chi connectivity index (χ0v) is 9.58. The first-order valence-electron chi connectivity index (χ1n) is 4.98. The summed E-state index contributed by atoms with van der Waals surface area (Å²) in [6, 6.07) is 9.83. The molecule has 0 spiro atoms. The first-order valence-corrected chi connectivity index (χ1v) is 5.36. The van der Waals surface area contributed by atoms with Gasteiger partial charge in [0.15, 0.2) is 0 Å². The van der Waals surface area contributed by atoms with E-state index in [1.165, 1.54) is 18.3 Å². The van der Waals surface area contributed by atoms with E-state index in [0.29, 0.717) is 21.8 Å². The van der Waals surface area contributed by atoms with Crippen LogP contribution in [0.4, 0.5) is 4.39 Å². The van der Waals surface area contributed by atoms with Gasteiger partial charge in [-0.2, -0.15) is 5.26 Å².